The summed E-state index contributed by atoms with van der Waals surface area (Å²) < 4.78 is 1.04. The van der Waals surface area contributed by atoms with E-state index in [4.69, 9.17) is 0 Å². The third kappa shape index (κ3) is 2.98. The summed E-state index contributed by atoms with van der Waals surface area (Å²) in [5.41, 5.74) is 3.76. The van der Waals surface area contributed by atoms with Crippen molar-refractivity contribution in [3.05, 3.63) is 45.3 Å². The van der Waals surface area contributed by atoms with Crippen molar-refractivity contribution < 1.29 is 0 Å². The van der Waals surface area contributed by atoms with E-state index in [1.165, 1.54) is 11.1 Å². The van der Waals surface area contributed by atoms with E-state index in [0.29, 0.717) is 5.95 Å². The molecular weight excluding hydrogens is 337 g/mol. The molecule has 1 heterocycles. The first kappa shape index (κ1) is 13.3. The number of halogens is 1. The molecule has 0 aliphatic carbocycles. The molecule has 1 aromatic heterocycles. The zero-order valence-electron chi connectivity index (χ0n) is 10.6. The molecule has 2 rings (SSSR count). The Morgan fingerprint density at radius 2 is 1.61 bits per heavy atom. The Morgan fingerprint density at radius 3 is 2.11 bits per heavy atom. The van der Waals surface area contributed by atoms with Crippen molar-refractivity contribution in [1.82, 2.24) is 9.97 Å². The number of aryl methyl sites for hydroxylation is 2. The van der Waals surface area contributed by atoms with Crippen LogP contribution >= 0.6 is 22.6 Å². The van der Waals surface area contributed by atoms with E-state index in [0.717, 1.165) is 22.1 Å². The van der Waals surface area contributed by atoms with Gasteiger partial charge >= 0.3 is 0 Å². The van der Waals surface area contributed by atoms with Crippen LogP contribution in [0.4, 0.5) is 11.6 Å². The number of para-hydroxylation sites is 1. The topological polar surface area (TPSA) is 37.8 Å². The monoisotopic (exact) mass is 353 g/mol. The maximum atomic E-state index is 4.29. The molecular formula is C14H16IN3. The first-order valence-electron chi connectivity index (χ1n) is 6.10. The van der Waals surface area contributed by atoms with Crippen LogP contribution in [0.15, 0.2) is 30.6 Å². The van der Waals surface area contributed by atoms with Gasteiger partial charge in [0.2, 0.25) is 5.95 Å². The van der Waals surface area contributed by atoms with Crippen molar-refractivity contribution in [3.63, 3.8) is 0 Å². The summed E-state index contributed by atoms with van der Waals surface area (Å²) in [5.74, 6) is 0.658. The Morgan fingerprint density at radius 1 is 1.06 bits per heavy atom. The van der Waals surface area contributed by atoms with Crippen LogP contribution < -0.4 is 5.32 Å². The van der Waals surface area contributed by atoms with Crippen LogP contribution in [0.25, 0.3) is 0 Å². The minimum atomic E-state index is 0.658. The van der Waals surface area contributed by atoms with Crippen LogP contribution in [-0.2, 0) is 12.8 Å². The molecule has 3 nitrogen and oxygen atoms in total. The maximum Gasteiger partial charge on any atom is 0.227 e. The molecule has 0 saturated heterocycles. The van der Waals surface area contributed by atoms with E-state index in [9.17, 15) is 0 Å². The Hall–Kier alpha value is -1.17. The standard InChI is InChI=1S/C14H16IN3/c1-3-10-6-5-7-11(4-2)13(10)18-14-16-8-12(15)9-17-14/h5-9H,3-4H2,1-2H3,(H,16,17,18). The summed E-state index contributed by atoms with van der Waals surface area (Å²) in [6.07, 6.45) is 5.63. The lowest BCUT2D eigenvalue weighted by molar-refractivity contribution is 1.07. The van der Waals surface area contributed by atoms with Gasteiger partial charge in [0.1, 0.15) is 0 Å². The molecule has 1 aromatic carbocycles. The summed E-state index contributed by atoms with van der Waals surface area (Å²) in [7, 11) is 0. The highest BCUT2D eigenvalue weighted by atomic mass is 127. The van der Waals surface area contributed by atoms with Gasteiger partial charge < -0.3 is 5.32 Å². The molecule has 1 N–H and O–H groups in total. The fraction of sp³-hybridized carbons (Fsp3) is 0.286. The molecule has 0 radical (unpaired) electrons. The van der Waals surface area contributed by atoms with Crippen LogP contribution in [0.1, 0.15) is 25.0 Å². The second-order valence-electron chi connectivity index (χ2n) is 4.01. The lowest BCUT2D eigenvalue weighted by Crippen LogP contribution is -2.03. The van der Waals surface area contributed by atoms with Crippen molar-refractivity contribution >= 4 is 34.2 Å². The quantitative estimate of drug-likeness (QED) is 0.846. The van der Waals surface area contributed by atoms with Crippen molar-refractivity contribution in [3.8, 4) is 0 Å². The number of hydrogen-bond donors (Lipinski definition) is 1. The van der Waals surface area contributed by atoms with Gasteiger partial charge in [-0.05, 0) is 46.6 Å². The molecule has 0 fully saturated rings. The Kier molecular flexibility index (Phi) is 4.52. The van der Waals surface area contributed by atoms with Crippen LogP contribution in [0.3, 0.4) is 0 Å². The second kappa shape index (κ2) is 6.13. The van der Waals surface area contributed by atoms with Crippen molar-refractivity contribution in [2.45, 2.75) is 26.7 Å². The summed E-state index contributed by atoms with van der Waals surface area (Å²) >= 11 is 2.20. The number of hydrogen-bond acceptors (Lipinski definition) is 3. The SMILES string of the molecule is CCc1cccc(CC)c1Nc1ncc(I)cn1. The average Bonchev–Trinajstić information content (AvgIpc) is 2.41. The van der Waals surface area contributed by atoms with E-state index in [2.05, 4.69) is 69.9 Å². The fourth-order valence-electron chi connectivity index (χ4n) is 1.89. The van der Waals surface area contributed by atoms with Gasteiger partial charge in [-0.3, -0.25) is 0 Å². The maximum absolute atomic E-state index is 4.29. The van der Waals surface area contributed by atoms with Crippen LogP contribution in [0.5, 0.6) is 0 Å². The molecule has 2 aromatic rings. The van der Waals surface area contributed by atoms with E-state index in [1.807, 2.05) is 12.4 Å². The summed E-state index contributed by atoms with van der Waals surface area (Å²) in [4.78, 5) is 8.59. The van der Waals surface area contributed by atoms with Crippen molar-refractivity contribution in [2.24, 2.45) is 0 Å². The zero-order valence-corrected chi connectivity index (χ0v) is 12.7. The van der Waals surface area contributed by atoms with E-state index < -0.39 is 0 Å². The first-order valence-corrected chi connectivity index (χ1v) is 7.17. The van der Waals surface area contributed by atoms with Crippen LogP contribution in [0, 0.1) is 3.57 Å². The smallest absolute Gasteiger partial charge is 0.227 e. The average molecular weight is 353 g/mol. The molecule has 0 aliphatic heterocycles. The van der Waals surface area contributed by atoms with Crippen LogP contribution in [-0.4, -0.2) is 9.97 Å². The largest absolute Gasteiger partial charge is 0.324 e. The van der Waals surface area contributed by atoms with Crippen molar-refractivity contribution in [2.75, 3.05) is 5.32 Å². The molecule has 0 bridgehead atoms. The van der Waals surface area contributed by atoms with Gasteiger partial charge in [-0.25, -0.2) is 9.97 Å². The molecule has 4 heteroatoms. The van der Waals surface area contributed by atoms with E-state index >= 15 is 0 Å². The number of aromatic nitrogens is 2. The molecule has 0 amide bonds. The summed E-state index contributed by atoms with van der Waals surface area (Å²) in [5, 5.41) is 3.34. The first-order chi connectivity index (χ1) is 8.74. The number of nitrogens with one attached hydrogen (secondary N) is 1. The van der Waals surface area contributed by atoms with E-state index in [-0.39, 0.29) is 0 Å². The van der Waals surface area contributed by atoms with Gasteiger partial charge in [0.15, 0.2) is 0 Å². The molecule has 94 valence electrons. The minimum Gasteiger partial charge on any atom is -0.324 e. The van der Waals surface area contributed by atoms with Gasteiger partial charge in [0.25, 0.3) is 0 Å². The minimum absolute atomic E-state index is 0.658. The highest BCUT2D eigenvalue weighted by molar-refractivity contribution is 14.1. The van der Waals surface area contributed by atoms with Gasteiger partial charge in [0, 0.05) is 21.7 Å². The highest BCUT2D eigenvalue weighted by Crippen LogP contribution is 2.24. The Bertz CT molecular complexity index is 501. The van der Waals surface area contributed by atoms with Gasteiger partial charge in [-0.2, -0.15) is 0 Å². The molecule has 0 unspecified atom stereocenters. The van der Waals surface area contributed by atoms with Gasteiger partial charge in [-0.1, -0.05) is 32.0 Å². The van der Waals surface area contributed by atoms with Gasteiger partial charge in [-0.15, -0.1) is 0 Å². The molecule has 0 aliphatic rings. The number of anilines is 2. The van der Waals surface area contributed by atoms with Gasteiger partial charge in [0.05, 0.1) is 0 Å². The Balaban J connectivity index is 2.35. The fourth-order valence-corrected chi connectivity index (χ4v) is 2.17. The lowest BCUT2D eigenvalue weighted by atomic mass is 10.0. The van der Waals surface area contributed by atoms with Crippen molar-refractivity contribution in [1.29, 1.82) is 0 Å². The summed E-state index contributed by atoms with van der Waals surface area (Å²) in [6.45, 7) is 4.32. The molecule has 18 heavy (non-hydrogen) atoms. The predicted octanol–water partition coefficient (Wildman–Crippen LogP) is 3.95. The van der Waals surface area contributed by atoms with E-state index in [1.54, 1.807) is 0 Å². The summed E-state index contributed by atoms with van der Waals surface area (Å²) in [6, 6.07) is 6.40. The zero-order chi connectivity index (χ0) is 13.0. The predicted molar refractivity (Wildman–Crippen MR) is 83.2 cm³/mol. The lowest BCUT2D eigenvalue weighted by Gasteiger charge is -2.14. The normalized spacial score (nSPS) is 10.4. The Labute approximate surface area is 121 Å². The second-order valence-corrected chi connectivity index (χ2v) is 5.25. The third-order valence-corrected chi connectivity index (χ3v) is 3.41. The third-order valence-electron chi connectivity index (χ3n) is 2.86. The number of rotatable bonds is 4. The molecule has 0 saturated carbocycles. The number of nitrogens with zero attached hydrogens (tertiary/aromatic N) is 2. The van der Waals surface area contributed by atoms with Crippen LogP contribution in [0.2, 0.25) is 0 Å². The molecule has 0 atom stereocenters. The number of benzene rings is 1. The molecule has 0 spiro atoms. The highest BCUT2D eigenvalue weighted by Gasteiger charge is 2.07.